The van der Waals surface area contributed by atoms with E-state index in [2.05, 4.69) is 10.1 Å². The summed E-state index contributed by atoms with van der Waals surface area (Å²) in [6.07, 6.45) is -4.44. The molecule has 0 saturated heterocycles. The first kappa shape index (κ1) is 31.9. The van der Waals surface area contributed by atoms with Gasteiger partial charge >= 0.3 is 17.8 Å². The zero-order valence-corrected chi connectivity index (χ0v) is 21.9. The second-order valence-electron chi connectivity index (χ2n) is 8.38. The van der Waals surface area contributed by atoms with Crippen LogP contribution >= 0.6 is 11.8 Å². The highest BCUT2D eigenvalue weighted by Gasteiger charge is 2.31. The fourth-order valence-electron chi connectivity index (χ4n) is 3.49. The van der Waals surface area contributed by atoms with Crippen molar-refractivity contribution in [3.8, 4) is 5.75 Å². The molecule has 0 saturated carbocycles. The number of Topliss-reactive ketones (excluding diaryl/α,β-unsaturated/α-hetero) is 1. The van der Waals surface area contributed by atoms with E-state index in [1.54, 1.807) is 0 Å². The summed E-state index contributed by atoms with van der Waals surface area (Å²) in [5.41, 5.74) is -5.04. The number of allylic oxidation sites excluding steroid dienone is 2. The standard InChI is InChI=1S/C28H19F6NO6S/c29-27(30,31)41-20-10-8-16(9-11-20)22(15-23(36)19-2-1-3-21(14-19)42-28(32,33)34)25(39)17-4-6-18(7-5-17)26(40)35-13-12-24(37)38/h1-11,14-15H,12-13H2,(H,35,40)(H,37,38)/b22-15+. The van der Waals surface area contributed by atoms with Crippen molar-refractivity contribution in [1.29, 1.82) is 0 Å². The molecule has 2 N–H and O–H groups in total. The van der Waals surface area contributed by atoms with Gasteiger partial charge in [0.15, 0.2) is 11.6 Å². The Bertz CT molecular complexity index is 1500. The molecular weight excluding hydrogens is 592 g/mol. The first-order chi connectivity index (χ1) is 19.6. The van der Waals surface area contributed by atoms with E-state index in [0.717, 1.165) is 42.5 Å². The van der Waals surface area contributed by atoms with Crippen LogP contribution in [-0.2, 0) is 4.79 Å². The lowest BCUT2D eigenvalue weighted by Crippen LogP contribution is -2.26. The topological polar surface area (TPSA) is 110 Å². The molecule has 220 valence electrons. The minimum Gasteiger partial charge on any atom is -0.481 e. The van der Waals surface area contributed by atoms with E-state index in [1.165, 1.54) is 36.4 Å². The third-order valence-corrected chi connectivity index (χ3v) is 6.03. The fraction of sp³-hybridized carbons (Fsp3) is 0.143. The van der Waals surface area contributed by atoms with Crippen molar-refractivity contribution in [2.75, 3.05) is 6.54 Å². The van der Waals surface area contributed by atoms with Gasteiger partial charge in [0.2, 0.25) is 0 Å². The number of thioether (sulfide) groups is 1. The van der Waals surface area contributed by atoms with E-state index in [-0.39, 0.29) is 45.7 Å². The van der Waals surface area contributed by atoms with Gasteiger partial charge in [0, 0.05) is 33.7 Å². The fourth-order valence-corrected chi connectivity index (χ4v) is 4.09. The van der Waals surface area contributed by atoms with Gasteiger partial charge in [-0.25, -0.2) is 0 Å². The van der Waals surface area contributed by atoms with Crippen LogP contribution in [0.25, 0.3) is 5.57 Å². The molecule has 0 heterocycles. The van der Waals surface area contributed by atoms with Gasteiger partial charge in [0.1, 0.15) is 5.75 Å². The molecule has 0 fully saturated rings. The van der Waals surface area contributed by atoms with Gasteiger partial charge in [0.25, 0.3) is 5.91 Å². The summed E-state index contributed by atoms with van der Waals surface area (Å²) in [4.78, 5) is 49.0. The Balaban J connectivity index is 1.95. The normalized spacial score (nSPS) is 12.0. The third-order valence-electron chi connectivity index (χ3n) is 5.30. The minimum atomic E-state index is -4.98. The number of rotatable bonds is 11. The van der Waals surface area contributed by atoms with Crippen molar-refractivity contribution >= 4 is 40.8 Å². The number of carbonyl (C=O) groups is 4. The van der Waals surface area contributed by atoms with Crippen molar-refractivity contribution in [3.63, 3.8) is 0 Å². The molecule has 0 unspecified atom stereocenters. The molecule has 7 nitrogen and oxygen atoms in total. The number of ketones is 2. The van der Waals surface area contributed by atoms with Gasteiger partial charge < -0.3 is 15.2 Å². The summed E-state index contributed by atoms with van der Waals surface area (Å²) in [6.45, 7) is -0.138. The zero-order valence-electron chi connectivity index (χ0n) is 21.1. The minimum absolute atomic E-state index is 0.000754. The van der Waals surface area contributed by atoms with Gasteiger partial charge in [-0.05, 0) is 59.8 Å². The monoisotopic (exact) mass is 611 g/mol. The molecular formula is C28H19F6NO6S. The van der Waals surface area contributed by atoms with Crippen molar-refractivity contribution in [1.82, 2.24) is 5.32 Å². The number of carboxylic acids is 1. The average molecular weight is 612 g/mol. The summed E-state index contributed by atoms with van der Waals surface area (Å²) in [6, 6.07) is 13.6. The van der Waals surface area contributed by atoms with Crippen LogP contribution in [-0.4, -0.2) is 47.0 Å². The number of ether oxygens (including phenoxy) is 1. The quantitative estimate of drug-likeness (QED) is 0.110. The van der Waals surface area contributed by atoms with E-state index >= 15 is 0 Å². The maximum Gasteiger partial charge on any atom is 0.573 e. The van der Waals surface area contributed by atoms with Gasteiger partial charge in [-0.2, -0.15) is 13.2 Å². The predicted octanol–water partition coefficient (Wildman–Crippen LogP) is 6.55. The highest BCUT2D eigenvalue weighted by molar-refractivity contribution is 8.00. The molecule has 0 atom stereocenters. The molecule has 0 radical (unpaired) electrons. The smallest absolute Gasteiger partial charge is 0.481 e. The Labute approximate surface area is 238 Å². The van der Waals surface area contributed by atoms with Crippen LogP contribution < -0.4 is 10.1 Å². The molecule has 0 aliphatic rings. The predicted molar refractivity (Wildman–Crippen MR) is 139 cm³/mol. The van der Waals surface area contributed by atoms with E-state index in [9.17, 15) is 45.5 Å². The number of benzene rings is 3. The van der Waals surface area contributed by atoms with E-state index in [4.69, 9.17) is 5.11 Å². The molecule has 0 aliphatic heterocycles. The zero-order chi connectivity index (χ0) is 31.1. The number of halogens is 6. The van der Waals surface area contributed by atoms with Crippen LogP contribution in [0.4, 0.5) is 26.3 Å². The Morgan fingerprint density at radius 3 is 1.98 bits per heavy atom. The molecule has 3 aromatic rings. The van der Waals surface area contributed by atoms with Crippen molar-refractivity contribution in [2.24, 2.45) is 0 Å². The molecule has 3 aromatic carbocycles. The van der Waals surface area contributed by atoms with E-state index < -0.39 is 52.8 Å². The Kier molecular flexibility index (Phi) is 10.2. The summed E-state index contributed by atoms with van der Waals surface area (Å²) >= 11 is -0.441. The maximum atomic E-state index is 13.5. The summed E-state index contributed by atoms with van der Waals surface area (Å²) < 4.78 is 80.0. The Hall–Kier alpha value is -4.59. The van der Waals surface area contributed by atoms with Crippen molar-refractivity contribution < 1.29 is 55.4 Å². The molecule has 3 rings (SSSR count). The highest BCUT2D eigenvalue weighted by atomic mass is 32.2. The molecule has 42 heavy (non-hydrogen) atoms. The van der Waals surface area contributed by atoms with Gasteiger partial charge in [-0.15, -0.1) is 13.2 Å². The summed E-state index contributed by atoms with van der Waals surface area (Å²) in [5.74, 6) is -3.97. The van der Waals surface area contributed by atoms with Crippen LogP contribution in [0.15, 0.2) is 83.8 Å². The van der Waals surface area contributed by atoms with Gasteiger partial charge in [-0.1, -0.05) is 36.4 Å². The van der Waals surface area contributed by atoms with Crippen molar-refractivity contribution in [3.05, 3.63) is 101 Å². The van der Waals surface area contributed by atoms with Crippen LogP contribution in [0, 0.1) is 0 Å². The third kappa shape index (κ3) is 9.80. The number of hydrogen-bond acceptors (Lipinski definition) is 6. The SMILES string of the molecule is O=C(O)CCNC(=O)c1ccc(C(=O)/C(=C/C(=O)c2cccc(SC(F)(F)F)c2)c2ccc(OC(F)(F)F)cc2)cc1. The lowest BCUT2D eigenvalue weighted by atomic mass is 9.94. The van der Waals surface area contributed by atoms with Crippen LogP contribution in [0.2, 0.25) is 0 Å². The number of carbonyl (C=O) groups excluding carboxylic acids is 3. The second-order valence-corrected chi connectivity index (χ2v) is 9.51. The van der Waals surface area contributed by atoms with E-state index in [1.807, 2.05) is 0 Å². The first-order valence-electron chi connectivity index (χ1n) is 11.7. The van der Waals surface area contributed by atoms with Crippen molar-refractivity contribution in [2.45, 2.75) is 23.2 Å². The number of hydrogen-bond donors (Lipinski definition) is 2. The number of aliphatic carboxylic acids is 1. The Morgan fingerprint density at radius 2 is 1.40 bits per heavy atom. The van der Waals surface area contributed by atoms with E-state index in [0.29, 0.717) is 0 Å². The van der Waals surface area contributed by atoms with Gasteiger partial charge in [0.05, 0.1) is 6.42 Å². The molecule has 0 spiro atoms. The number of carboxylic acid groups (broad SMARTS) is 1. The molecule has 1 amide bonds. The highest BCUT2D eigenvalue weighted by Crippen LogP contribution is 2.37. The average Bonchev–Trinajstić information content (AvgIpc) is 2.90. The maximum absolute atomic E-state index is 13.5. The lowest BCUT2D eigenvalue weighted by molar-refractivity contribution is -0.274. The Morgan fingerprint density at radius 1 is 0.810 bits per heavy atom. The first-order valence-corrected chi connectivity index (χ1v) is 12.6. The van der Waals surface area contributed by atoms with Crippen LogP contribution in [0.1, 0.15) is 43.1 Å². The molecule has 14 heteroatoms. The van der Waals surface area contributed by atoms with Gasteiger partial charge in [-0.3, -0.25) is 19.2 Å². The molecule has 0 bridgehead atoms. The number of amides is 1. The molecule has 0 aromatic heterocycles. The second kappa shape index (κ2) is 13.4. The number of nitrogens with one attached hydrogen (secondary N) is 1. The molecule has 0 aliphatic carbocycles. The lowest BCUT2D eigenvalue weighted by Gasteiger charge is -2.12. The summed E-state index contributed by atoms with van der Waals surface area (Å²) in [5, 5.41) is 11.1. The van der Waals surface area contributed by atoms with Crippen LogP contribution in [0.5, 0.6) is 5.75 Å². The number of alkyl halides is 6. The van der Waals surface area contributed by atoms with Crippen LogP contribution in [0.3, 0.4) is 0 Å². The largest absolute Gasteiger partial charge is 0.573 e. The summed E-state index contributed by atoms with van der Waals surface area (Å²) in [7, 11) is 0.